The fourth-order valence-electron chi connectivity index (χ4n) is 4.87. The second-order valence-electron chi connectivity index (χ2n) is 10.0. The summed E-state index contributed by atoms with van der Waals surface area (Å²) in [6, 6.07) is 2.63. The van der Waals surface area contributed by atoms with E-state index in [1.54, 1.807) is 13.8 Å². The lowest BCUT2D eigenvalue weighted by molar-refractivity contribution is -0.143. The van der Waals surface area contributed by atoms with Crippen molar-refractivity contribution in [3.05, 3.63) is 52.6 Å². The molecular formula is C29H34F6N2O6. The predicted molar refractivity (Wildman–Crippen MR) is 144 cm³/mol. The lowest BCUT2D eigenvalue weighted by Crippen LogP contribution is -2.48. The Labute approximate surface area is 245 Å². The summed E-state index contributed by atoms with van der Waals surface area (Å²) in [4.78, 5) is 29.0. The summed E-state index contributed by atoms with van der Waals surface area (Å²) in [5.74, 6) is 0.471. The van der Waals surface area contributed by atoms with E-state index in [1.165, 1.54) is 31.3 Å². The molecule has 0 unspecified atom stereocenters. The van der Waals surface area contributed by atoms with E-state index in [9.17, 15) is 35.9 Å². The number of methoxy groups -OCH3 is 2. The summed E-state index contributed by atoms with van der Waals surface area (Å²) in [5, 5.41) is 0. The summed E-state index contributed by atoms with van der Waals surface area (Å²) in [7, 11) is 2.75. The predicted octanol–water partition coefficient (Wildman–Crippen LogP) is 7.98. The lowest BCUT2D eigenvalue weighted by Gasteiger charge is -2.43. The third kappa shape index (κ3) is 7.77. The van der Waals surface area contributed by atoms with Crippen LogP contribution in [0.5, 0.6) is 11.5 Å². The SMILES string of the molecule is CCCOC(=O)N(Cc1cc(C(F)(F)F)cc(C(F)(F)F)c1)[C@@H]1C[C@H](C)N(C(=O)OCCC)c2cc(OC)c(OC)cc21. The molecule has 3 rings (SSSR count). The summed E-state index contributed by atoms with van der Waals surface area (Å²) < 4.78 is 103. The maximum absolute atomic E-state index is 13.6. The first-order valence-corrected chi connectivity index (χ1v) is 13.6. The van der Waals surface area contributed by atoms with Crippen molar-refractivity contribution in [2.75, 3.05) is 32.3 Å². The van der Waals surface area contributed by atoms with Gasteiger partial charge in [-0.05, 0) is 56.0 Å². The Morgan fingerprint density at radius 2 is 1.40 bits per heavy atom. The number of halogens is 6. The average molecular weight is 621 g/mol. The van der Waals surface area contributed by atoms with E-state index < -0.39 is 59.9 Å². The van der Waals surface area contributed by atoms with E-state index in [-0.39, 0.29) is 42.9 Å². The highest BCUT2D eigenvalue weighted by Crippen LogP contribution is 2.47. The van der Waals surface area contributed by atoms with E-state index >= 15 is 0 Å². The van der Waals surface area contributed by atoms with Crippen molar-refractivity contribution in [1.82, 2.24) is 4.90 Å². The third-order valence-electron chi connectivity index (χ3n) is 6.82. The Bertz CT molecular complexity index is 1270. The number of ether oxygens (including phenoxy) is 4. The van der Waals surface area contributed by atoms with Crippen LogP contribution in [0.2, 0.25) is 0 Å². The van der Waals surface area contributed by atoms with E-state index in [2.05, 4.69) is 0 Å². The van der Waals surface area contributed by atoms with Crippen LogP contribution in [0.4, 0.5) is 41.6 Å². The molecule has 0 saturated carbocycles. The molecule has 0 bridgehead atoms. The molecule has 0 radical (unpaired) electrons. The van der Waals surface area contributed by atoms with Gasteiger partial charge in [0, 0.05) is 24.2 Å². The molecule has 14 heteroatoms. The number of anilines is 1. The minimum atomic E-state index is -5.07. The number of amides is 2. The van der Waals surface area contributed by atoms with Crippen LogP contribution in [0.3, 0.4) is 0 Å². The van der Waals surface area contributed by atoms with Crippen molar-refractivity contribution in [1.29, 1.82) is 0 Å². The number of hydrogen-bond acceptors (Lipinski definition) is 6. The molecule has 1 aliphatic heterocycles. The van der Waals surface area contributed by atoms with E-state index in [0.29, 0.717) is 30.5 Å². The molecule has 0 N–H and O–H groups in total. The van der Waals surface area contributed by atoms with Gasteiger partial charge in [0.05, 0.1) is 50.3 Å². The molecule has 43 heavy (non-hydrogen) atoms. The van der Waals surface area contributed by atoms with Crippen molar-refractivity contribution in [3.8, 4) is 11.5 Å². The van der Waals surface area contributed by atoms with E-state index in [0.717, 1.165) is 4.90 Å². The van der Waals surface area contributed by atoms with Gasteiger partial charge in [0.25, 0.3) is 0 Å². The number of fused-ring (bicyclic) bond motifs is 1. The van der Waals surface area contributed by atoms with Crippen LogP contribution < -0.4 is 14.4 Å². The van der Waals surface area contributed by atoms with Gasteiger partial charge in [0.2, 0.25) is 0 Å². The van der Waals surface area contributed by atoms with Gasteiger partial charge < -0.3 is 18.9 Å². The second kappa shape index (κ2) is 13.6. The van der Waals surface area contributed by atoms with Crippen LogP contribution in [-0.4, -0.2) is 50.6 Å². The topological polar surface area (TPSA) is 77.5 Å². The second-order valence-corrected chi connectivity index (χ2v) is 10.0. The third-order valence-corrected chi connectivity index (χ3v) is 6.82. The zero-order valence-electron chi connectivity index (χ0n) is 24.4. The van der Waals surface area contributed by atoms with Crippen molar-refractivity contribution in [2.45, 2.75) is 71.0 Å². The molecule has 2 amide bonds. The van der Waals surface area contributed by atoms with Crippen LogP contribution in [0, 0.1) is 0 Å². The monoisotopic (exact) mass is 620 g/mol. The highest BCUT2D eigenvalue weighted by atomic mass is 19.4. The molecular weight excluding hydrogens is 586 g/mol. The fraction of sp³-hybridized carbons (Fsp3) is 0.517. The van der Waals surface area contributed by atoms with Gasteiger partial charge in [-0.2, -0.15) is 26.3 Å². The van der Waals surface area contributed by atoms with Gasteiger partial charge in [0.1, 0.15) is 0 Å². The zero-order valence-corrected chi connectivity index (χ0v) is 24.4. The Hall–Kier alpha value is -3.84. The van der Waals surface area contributed by atoms with Gasteiger partial charge in [-0.1, -0.05) is 13.8 Å². The highest BCUT2D eigenvalue weighted by Gasteiger charge is 2.42. The van der Waals surface area contributed by atoms with E-state index in [1.807, 2.05) is 6.92 Å². The van der Waals surface area contributed by atoms with Crippen molar-refractivity contribution in [2.24, 2.45) is 0 Å². The normalized spacial score (nSPS) is 16.8. The molecule has 1 aliphatic rings. The summed E-state index contributed by atoms with van der Waals surface area (Å²) >= 11 is 0. The van der Waals surface area contributed by atoms with Gasteiger partial charge in [-0.15, -0.1) is 0 Å². The Morgan fingerprint density at radius 3 is 1.91 bits per heavy atom. The average Bonchev–Trinajstić information content (AvgIpc) is 2.95. The number of alkyl halides is 6. The molecule has 8 nitrogen and oxygen atoms in total. The largest absolute Gasteiger partial charge is 0.493 e. The number of benzene rings is 2. The van der Waals surface area contributed by atoms with Gasteiger partial charge >= 0.3 is 24.5 Å². The van der Waals surface area contributed by atoms with Crippen LogP contribution >= 0.6 is 0 Å². The molecule has 2 aromatic rings. The van der Waals surface area contributed by atoms with Crippen molar-refractivity contribution < 1.29 is 54.9 Å². The van der Waals surface area contributed by atoms with Crippen LogP contribution in [0.25, 0.3) is 0 Å². The molecule has 0 aliphatic carbocycles. The van der Waals surface area contributed by atoms with Crippen LogP contribution in [0.15, 0.2) is 30.3 Å². The summed E-state index contributed by atoms with van der Waals surface area (Å²) in [6.45, 7) is 4.68. The lowest BCUT2D eigenvalue weighted by atomic mass is 9.90. The Balaban J connectivity index is 2.21. The van der Waals surface area contributed by atoms with Crippen LogP contribution in [0.1, 0.15) is 68.3 Å². The van der Waals surface area contributed by atoms with Crippen molar-refractivity contribution >= 4 is 17.9 Å². The zero-order chi connectivity index (χ0) is 32.1. The molecule has 238 valence electrons. The number of rotatable bonds is 9. The number of carbonyl (C=O) groups is 2. The molecule has 2 atom stereocenters. The highest BCUT2D eigenvalue weighted by molar-refractivity contribution is 5.91. The summed E-state index contributed by atoms with van der Waals surface area (Å²) in [6.07, 6.45) is -10.7. The smallest absolute Gasteiger partial charge is 0.416 e. The van der Waals surface area contributed by atoms with Gasteiger partial charge in [-0.3, -0.25) is 9.80 Å². The molecule has 0 spiro atoms. The minimum absolute atomic E-state index is 0.0260. The molecule has 0 aromatic heterocycles. The molecule has 1 heterocycles. The number of nitrogens with zero attached hydrogens (tertiary/aromatic N) is 2. The Morgan fingerprint density at radius 1 is 0.860 bits per heavy atom. The minimum Gasteiger partial charge on any atom is -0.493 e. The summed E-state index contributed by atoms with van der Waals surface area (Å²) in [5.41, 5.74) is -2.81. The fourth-order valence-corrected chi connectivity index (χ4v) is 4.87. The van der Waals surface area contributed by atoms with Gasteiger partial charge in [-0.25, -0.2) is 9.59 Å². The van der Waals surface area contributed by atoms with E-state index in [4.69, 9.17) is 18.9 Å². The quantitative estimate of drug-likeness (QED) is 0.265. The van der Waals surface area contributed by atoms with Crippen molar-refractivity contribution in [3.63, 3.8) is 0 Å². The molecule has 0 fully saturated rings. The number of hydrogen-bond donors (Lipinski definition) is 0. The maximum Gasteiger partial charge on any atom is 0.416 e. The first-order valence-electron chi connectivity index (χ1n) is 13.6. The Kier molecular flexibility index (Phi) is 10.7. The maximum atomic E-state index is 13.6. The number of carbonyl (C=O) groups excluding carboxylic acids is 2. The first kappa shape index (κ1) is 33.7. The molecule has 2 aromatic carbocycles. The molecule has 0 saturated heterocycles. The first-order chi connectivity index (χ1) is 20.2. The standard InChI is InChI=1S/C29H34F6N2O6/c1-6-8-42-26(38)36(16-18-11-19(28(30,31)32)13-20(12-18)29(33,34)35)22-10-17(3)37(27(39)43-9-7-2)23-15-25(41-5)24(40-4)14-21(22)23/h11-15,17,22H,6-10,16H2,1-5H3/t17-,22+/m0/s1. The van der Waals surface area contributed by atoms with Gasteiger partial charge in [0.15, 0.2) is 11.5 Å². The van der Waals surface area contributed by atoms with Crippen LogP contribution in [-0.2, 0) is 28.4 Å².